The van der Waals surface area contributed by atoms with Crippen LogP contribution >= 0.6 is 0 Å². The number of oxazole rings is 1. The van der Waals surface area contributed by atoms with Crippen molar-refractivity contribution in [3.63, 3.8) is 0 Å². The lowest BCUT2D eigenvalue weighted by Gasteiger charge is -2.06. The Hall–Kier alpha value is -2.30. The molecule has 0 bridgehead atoms. The Balaban J connectivity index is 1.75. The Morgan fingerprint density at radius 3 is 2.83 bits per heavy atom. The third kappa shape index (κ3) is 3.35. The molecule has 0 aliphatic heterocycles. The van der Waals surface area contributed by atoms with Gasteiger partial charge in [-0.2, -0.15) is 0 Å². The van der Waals surface area contributed by atoms with Gasteiger partial charge in [0.15, 0.2) is 13.0 Å². The number of rotatable bonds is 5. The summed E-state index contributed by atoms with van der Waals surface area (Å²) in [6, 6.07) is 9.19. The van der Waals surface area contributed by atoms with Gasteiger partial charge in [-0.25, -0.2) is 4.98 Å². The second kappa shape index (κ2) is 5.86. The molecule has 0 aliphatic rings. The first-order chi connectivity index (χ1) is 8.75. The SMILES string of the molecule is Cc1ncoc1CNC(=O)COc1ccccc1. The number of para-hydroxylation sites is 1. The van der Waals surface area contributed by atoms with Crippen LogP contribution in [-0.4, -0.2) is 17.5 Å². The van der Waals surface area contributed by atoms with Crippen molar-refractivity contribution in [3.8, 4) is 5.75 Å². The fourth-order valence-electron chi connectivity index (χ4n) is 1.39. The second-order valence-corrected chi connectivity index (χ2v) is 3.74. The number of benzene rings is 1. The maximum Gasteiger partial charge on any atom is 0.258 e. The predicted molar refractivity (Wildman–Crippen MR) is 65.0 cm³/mol. The van der Waals surface area contributed by atoms with E-state index in [4.69, 9.17) is 9.15 Å². The van der Waals surface area contributed by atoms with E-state index in [-0.39, 0.29) is 12.5 Å². The Morgan fingerprint density at radius 2 is 2.17 bits per heavy atom. The Bertz CT molecular complexity index is 508. The normalized spacial score (nSPS) is 10.1. The molecule has 1 heterocycles. The third-order valence-corrected chi connectivity index (χ3v) is 2.40. The van der Waals surface area contributed by atoms with Crippen LogP contribution in [0.1, 0.15) is 11.5 Å². The summed E-state index contributed by atoms with van der Waals surface area (Å²) in [5.41, 5.74) is 0.777. The van der Waals surface area contributed by atoms with Crippen molar-refractivity contribution in [2.75, 3.05) is 6.61 Å². The highest BCUT2D eigenvalue weighted by Gasteiger charge is 2.06. The van der Waals surface area contributed by atoms with Crippen LogP contribution in [0.5, 0.6) is 5.75 Å². The standard InChI is InChI=1S/C13H14N2O3/c1-10-12(18-9-15-10)7-14-13(16)8-17-11-5-3-2-4-6-11/h2-6,9H,7-8H2,1H3,(H,14,16). The van der Waals surface area contributed by atoms with Crippen LogP contribution < -0.4 is 10.1 Å². The molecular formula is C13H14N2O3. The topological polar surface area (TPSA) is 64.4 Å². The molecule has 1 aromatic carbocycles. The quantitative estimate of drug-likeness (QED) is 0.871. The Morgan fingerprint density at radius 1 is 1.39 bits per heavy atom. The van der Waals surface area contributed by atoms with Crippen LogP contribution in [0.15, 0.2) is 41.1 Å². The van der Waals surface area contributed by atoms with E-state index in [0.29, 0.717) is 18.1 Å². The van der Waals surface area contributed by atoms with Gasteiger partial charge in [0.2, 0.25) is 0 Å². The highest BCUT2D eigenvalue weighted by Crippen LogP contribution is 2.08. The fraction of sp³-hybridized carbons (Fsp3) is 0.231. The molecule has 1 N–H and O–H groups in total. The highest BCUT2D eigenvalue weighted by atomic mass is 16.5. The Kier molecular flexibility index (Phi) is 3.96. The van der Waals surface area contributed by atoms with E-state index in [1.54, 1.807) is 12.1 Å². The number of aromatic nitrogens is 1. The van der Waals surface area contributed by atoms with Crippen molar-refractivity contribution in [3.05, 3.63) is 48.2 Å². The highest BCUT2D eigenvalue weighted by molar-refractivity contribution is 5.77. The van der Waals surface area contributed by atoms with Gasteiger partial charge in [0.05, 0.1) is 12.2 Å². The van der Waals surface area contributed by atoms with Crippen molar-refractivity contribution in [2.24, 2.45) is 0 Å². The number of amides is 1. The molecule has 2 aromatic rings. The number of nitrogens with one attached hydrogen (secondary N) is 1. The van der Waals surface area contributed by atoms with Crippen molar-refractivity contribution in [1.29, 1.82) is 0 Å². The summed E-state index contributed by atoms with van der Waals surface area (Å²) in [6.45, 7) is 2.13. The van der Waals surface area contributed by atoms with Crippen molar-refractivity contribution in [2.45, 2.75) is 13.5 Å². The maximum absolute atomic E-state index is 11.5. The number of carbonyl (C=O) groups excluding carboxylic acids is 1. The number of hydrogen-bond acceptors (Lipinski definition) is 4. The van der Waals surface area contributed by atoms with Gasteiger partial charge < -0.3 is 14.5 Å². The number of hydrogen-bond donors (Lipinski definition) is 1. The molecule has 0 saturated carbocycles. The summed E-state index contributed by atoms with van der Waals surface area (Å²) < 4.78 is 10.4. The lowest BCUT2D eigenvalue weighted by molar-refractivity contribution is -0.123. The largest absolute Gasteiger partial charge is 0.484 e. The first-order valence-corrected chi connectivity index (χ1v) is 5.59. The summed E-state index contributed by atoms with van der Waals surface area (Å²) in [7, 11) is 0. The average Bonchev–Trinajstić information content (AvgIpc) is 2.81. The molecule has 0 fully saturated rings. The molecule has 0 saturated heterocycles. The molecule has 94 valence electrons. The first-order valence-electron chi connectivity index (χ1n) is 5.59. The molecule has 2 rings (SSSR count). The van der Waals surface area contributed by atoms with E-state index < -0.39 is 0 Å². The van der Waals surface area contributed by atoms with Gasteiger partial charge in [-0.1, -0.05) is 18.2 Å². The van der Waals surface area contributed by atoms with Crippen LogP contribution in [0, 0.1) is 6.92 Å². The minimum absolute atomic E-state index is 0.0167. The molecule has 0 aliphatic carbocycles. The van der Waals surface area contributed by atoms with Gasteiger partial charge in [-0.05, 0) is 19.1 Å². The lowest BCUT2D eigenvalue weighted by Crippen LogP contribution is -2.28. The second-order valence-electron chi connectivity index (χ2n) is 3.74. The maximum atomic E-state index is 11.5. The van der Waals surface area contributed by atoms with E-state index >= 15 is 0 Å². The zero-order valence-electron chi connectivity index (χ0n) is 10.1. The van der Waals surface area contributed by atoms with Gasteiger partial charge in [-0.3, -0.25) is 4.79 Å². The van der Waals surface area contributed by atoms with Crippen LogP contribution in [0.3, 0.4) is 0 Å². The summed E-state index contributed by atoms with van der Waals surface area (Å²) in [6.07, 6.45) is 1.36. The van der Waals surface area contributed by atoms with Gasteiger partial charge >= 0.3 is 0 Å². The molecule has 0 unspecified atom stereocenters. The smallest absolute Gasteiger partial charge is 0.258 e. The zero-order chi connectivity index (χ0) is 12.8. The lowest BCUT2D eigenvalue weighted by atomic mass is 10.3. The monoisotopic (exact) mass is 246 g/mol. The first kappa shape index (κ1) is 12.2. The van der Waals surface area contributed by atoms with Gasteiger partial charge in [0.1, 0.15) is 11.5 Å². The third-order valence-electron chi connectivity index (χ3n) is 2.40. The molecule has 0 spiro atoms. The number of nitrogens with zero attached hydrogens (tertiary/aromatic N) is 1. The van der Waals surface area contributed by atoms with Crippen LogP contribution in [0.25, 0.3) is 0 Å². The van der Waals surface area contributed by atoms with E-state index in [1.165, 1.54) is 6.39 Å². The summed E-state index contributed by atoms with van der Waals surface area (Å²) in [4.78, 5) is 15.5. The average molecular weight is 246 g/mol. The van der Waals surface area contributed by atoms with Gasteiger partial charge in [0.25, 0.3) is 5.91 Å². The number of carbonyl (C=O) groups is 1. The molecular weight excluding hydrogens is 232 g/mol. The molecule has 5 nitrogen and oxygen atoms in total. The van der Waals surface area contributed by atoms with E-state index in [2.05, 4.69) is 10.3 Å². The Labute approximate surface area is 105 Å². The van der Waals surface area contributed by atoms with Crippen molar-refractivity contribution in [1.82, 2.24) is 10.3 Å². The number of ether oxygens (including phenoxy) is 1. The van der Waals surface area contributed by atoms with E-state index in [9.17, 15) is 4.79 Å². The summed E-state index contributed by atoms with van der Waals surface area (Å²) in [5, 5.41) is 2.70. The van der Waals surface area contributed by atoms with Crippen LogP contribution in [0.4, 0.5) is 0 Å². The molecule has 1 aromatic heterocycles. The molecule has 0 atom stereocenters. The fourth-order valence-corrected chi connectivity index (χ4v) is 1.39. The van der Waals surface area contributed by atoms with E-state index in [1.807, 2.05) is 25.1 Å². The van der Waals surface area contributed by atoms with E-state index in [0.717, 1.165) is 5.69 Å². The van der Waals surface area contributed by atoms with Crippen LogP contribution in [-0.2, 0) is 11.3 Å². The number of aryl methyl sites for hydroxylation is 1. The van der Waals surface area contributed by atoms with Crippen molar-refractivity contribution >= 4 is 5.91 Å². The molecule has 18 heavy (non-hydrogen) atoms. The van der Waals surface area contributed by atoms with Gasteiger partial charge in [0, 0.05) is 0 Å². The molecule has 0 radical (unpaired) electrons. The summed E-state index contributed by atoms with van der Waals surface area (Å²) >= 11 is 0. The van der Waals surface area contributed by atoms with Crippen molar-refractivity contribution < 1.29 is 13.9 Å². The summed E-state index contributed by atoms with van der Waals surface area (Å²) in [5.74, 6) is 1.13. The van der Waals surface area contributed by atoms with Crippen LogP contribution in [0.2, 0.25) is 0 Å². The molecule has 1 amide bonds. The zero-order valence-corrected chi connectivity index (χ0v) is 10.1. The minimum atomic E-state index is -0.199. The van der Waals surface area contributed by atoms with Gasteiger partial charge in [-0.15, -0.1) is 0 Å². The minimum Gasteiger partial charge on any atom is -0.484 e. The predicted octanol–water partition coefficient (Wildman–Crippen LogP) is 1.68. The molecule has 5 heteroatoms.